The van der Waals surface area contributed by atoms with Crippen molar-refractivity contribution < 1.29 is 14.4 Å². The Labute approximate surface area is 128 Å². The van der Waals surface area contributed by atoms with Crippen LogP contribution in [0.4, 0.5) is 0 Å². The second-order valence-electron chi connectivity index (χ2n) is 4.58. The zero-order valence-corrected chi connectivity index (χ0v) is 12.7. The highest BCUT2D eigenvalue weighted by Crippen LogP contribution is 2.09. The van der Waals surface area contributed by atoms with Crippen LogP contribution in [0.15, 0.2) is 24.3 Å². The minimum absolute atomic E-state index is 0.0447. The predicted octanol–water partition coefficient (Wildman–Crippen LogP) is 0.664. The van der Waals surface area contributed by atoms with E-state index in [9.17, 15) is 14.4 Å². The van der Waals surface area contributed by atoms with E-state index in [0.29, 0.717) is 10.6 Å². The molecule has 0 aliphatic heterocycles. The molecular weight excluding hydrogens is 294 g/mol. The van der Waals surface area contributed by atoms with Gasteiger partial charge in [0.25, 0.3) is 5.91 Å². The first kappa shape index (κ1) is 17.0. The van der Waals surface area contributed by atoms with Crippen molar-refractivity contribution in [3.63, 3.8) is 0 Å². The summed E-state index contributed by atoms with van der Waals surface area (Å²) in [6.45, 7) is 0.153. The van der Waals surface area contributed by atoms with Gasteiger partial charge in [-0.15, -0.1) is 0 Å². The molecule has 1 aromatic rings. The number of hydrogen-bond donors (Lipinski definition) is 2. The monoisotopic (exact) mass is 311 g/mol. The topological polar surface area (TPSA) is 78.5 Å². The predicted molar refractivity (Wildman–Crippen MR) is 80.1 cm³/mol. The molecule has 0 aliphatic rings. The number of carbonyl (C=O) groups is 3. The van der Waals surface area contributed by atoms with E-state index in [2.05, 4.69) is 10.6 Å². The lowest BCUT2D eigenvalue weighted by molar-refractivity contribution is -0.130. The summed E-state index contributed by atoms with van der Waals surface area (Å²) in [5.74, 6) is -0.751. The molecule has 0 spiro atoms. The molecule has 0 aromatic heterocycles. The third kappa shape index (κ3) is 6.27. The number of carbonyl (C=O) groups excluding carboxylic acids is 3. The lowest BCUT2D eigenvalue weighted by Crippen LogP contribution is -2.37. The Morgan fingerprint density at radius 3 is 2.29 bits per heavy atom. The highest BCUT2D eigenvalue weighted by molar-refractivity contribution is 6.30. The van der Waals surface area contributed by atoms with Crippen LogP contribution in [0.5, 0.6) is 0 Å². The van der Waals surface area contributed by atoms with Crippen LogP contribution in [0.3, 0.4) is 0 Å². The van der Waals surface area contributed by atoms with Crippen LogP contribution in [0.1, 0.15) is 16.8 Å². The maximum absolute atomic E-state index is 11.7. The molecule has 0 radical (unpaired) electrons. The van der Waals surface area contributed by atoms with E-state index in [0.717, 1.165) is 0 Å². The second-order valence-corrected chi connectivity index (χ2v) is 5.01. The van der Waals surface area contributed by atoms with Crippen molar-refractivity contribution in [2.75, 3.05) is 27.2 Å². The fourth-order valence-electron chi connectivity index (χ4n) is 1.41. The number of halogens is 1. The van der Waals surface area contributed by atoms with Gasteiger partial charge in [-0.25, -0.2) is 0 Å². The summed E-state index contributed by atoms with van der Waals surface area (Å²) in [6.07, 6.45) is 0.111. The number of rotatable bonds is 6. The summed E-state index contributed by atoms with van der Waals surface area (Å²) >= 11 is 5.73. The van der Waals surface area contributed by atoms with Crippen molar-refractivity contribution >= 4 is 29.3 Å². The van der Waals surface area contributed by atoms with Gasteiger partial charge in [0.1, 0.15) is 0 Å². The molecule has 7 heteroatoms. The number of hydrogen-bond acceptors (Lipinski definition) is 3. The van der Waals surface area contributed by atoms with Crippen molar-refractivity contribution in [2.24, 2.45) is 0 Å². The molecule has 1 rings (SSSR count). The van der Waals surface area contributed by atoms with Crippen LogP contribution in [0.2, 0.25) is 5.02 Å². The maximum Gasteiger partial charge on any atom is 0.251 e. The van der Waals surface area contributed by atoms with E-state index in [1.54, 1.807) is 38.4 Å². The van der Waals surface area contributed by atoms with Gasteiger partial charge in [-0.1, -0.05) is 11.6 Å². The summed E-state index contributed by atoms with van der Waals surface area (Å²) in [6, 6.07) is 6.45. The van der Waals surface area contributed by atoms with Gasteiger partial charge >= 0.3 is 0 Å². The molecule has 1 aromatic carbocycles. The zero-order chi connectivity index (χ0) is 15.8. The first-order valence-corrected chi connectivity index (χ1v) is 6.78. The Morgan fingerprint density at radius 1 is 1.10 bits per heavy atom. The molecule has 6 nitrogen and oxygen atoms in total. The van der Waals surface area contributed by atoms with Crippen LogP contribution >= 0.6 is 11.6 Å². The van der Waals surface area contributed by atoms with Crippen LogP contribution < -0.4 is 10.6 Å². The molecule has 2 N–H and O–H groups in total. The van der Waals surface area contributed by atoms with Gasteiger partial charge in [0, 0.05) is 37.6 Å². The van der Waals surface area contributed by atoms with Gasteiger partial charge in [-0.2, -0.15) is 0 Å². The average molecular weight is 312 g/mol. The van der Waals surface area contributed by atoms with E-state index in [1.807, 2.05) is 0 Å². The van der Waals surface area contributed by atoms with Gasteiger partial charge < -0.3 is 15.5 Å². The number of benzene rings is 1. The Balaban J connectivity index is 2.26. The van der Waals surface area contributed by atoms with Gasteiger partial charge in [-0.05, 0) is 24.3 Å². The van der Waals surface area contributed by atoms with Crippen molar-refractivity contribution in [2.45, 2.75) is 6.42 Å². The van der Waals surface area contributed by atoms with E-state index >= 15 is 0 Å². The third-order valence-electron chi connectivity index (χ3n) is 2.68. The number of amides is 3. The van der Waals surface area contributed by atoms with E-state index < -0.39 is 0 Å². The highest BCUT2D eigenvalue weighted by Gasteiger charge is 2.08. The van der Waals surface area contributed by atoms with Crippen LogP contribution in [-0.4, -0.2) is 49.8 Å². The fraction of sp³-hybridized carbons (Fsp3) is 0.357. The van der Waals surface area contributed by atoms with Crippen LogP contribution in [0.25, 0.3) is 0 Å². The molecule has 3 amide bonds. The molecule has 0 aliphatic carbocycles. The number of nitrogens with one attached hydrogen (secondary N) is 2. The Bertz CT molecular complexity index is 515. The smallest absolute Gasteiger partial charge is 0.251 e. The number of likely N-dealkylation sites (N-methyl/N-ethyl adjacent to an activating group) is 1. The van der Waals surface area contributed by atoms with Crippen LogP contribution in [0, 0.1) is 0 Å². The van der Waals surface area contributed by atoms with Gasteiger partial charge in [0.05, 0.1) is 6.54 Å². The Morgan fingerprint density at radius 2 is 1.71 bits per heavy atom. The molecular formula is C14H18ClN3O3. The van der Waals surface area contributed by atoms with E-state index in [1.165, 1.54) is 4.90 Å². The van der Waals surface area contributed by atoms with Gasteiger partial charge in [-0.3, -0.25) is 14.4 Å². The standard InChI is InChI=1S/C14H18ClN3O3/c1-18(2)13(20)9-17-12(19)7-8-16-14(21)10-3-5-11(15)6-4-10/h3-6H,7-9H2,1-2H3,(H,16,21)(H,17,19). The molecule has 114 valence electrons. The summed E-state index contributed by atoms with van der Waals surface area (Å²) in [7, 11) is 3.22. The van der Waals surface area contributed by atoms with Crippen molar-refractivity contribution in [3.05, 3.63) is 34.9 Å². The fourth-order valence-corrected chi connectivity index (χ4v) is 1.54. The minimum Gasteiger partial charge on any atom is -0.352 e. The first-order chi connectivity index (χ1) is 9.90. The lowest BCUT2D eigenvalue weighted by atomic mass is 10.2. The lowest BCUT2D eigenvalue weighted by Gasteiger charge is -2.11. The van der Waals surface area contributed by atoms with Crippen molar-refractivity contribution in [1.82, 2.24) is 15.5 Å². The highest BCUT2D eigenvalue weighted by atomic mass is 35.5. The SMILES string of the molecule is CN(C)C(=O)CNC(=O)CCNC(=O)c1ccc(Cl)cc1. The summed E-state index contributed by atoms with van der Waals surface area (Å²) in [4.78, 5) is 35.9. The zero-order valence-electron chi connectivity index (χ0n) is 12.0. The quantitative estimate of drug-likeness (QED) is 0.810. The van der Waals surface area contributed by atoms with E-state index in [-0.39, 0.29) is 37.2 Å². The summed E-state index contributed by atoms with van der Waals surface area (Å²) in [5.41, 5.74) is 0.475. The third-order valence-corrected chi connectivity index (χ3v) is 2.93. The normalized spacial score (nSPS) is 9.86. The molecule has 0 bridgehead atoms. The molecule has 0 fully saturated rings. The molecule has 0 atom stereocenters. The minimum atomic E-state index is -0.290. The average Bonchev–Trinajstić information content (AvgIpc) is 2.45. The molecule has 0 saturated heterocycles. The molecule has 0 unspecified atom stereocenters. The summed E-state index contributed by atoms with van der Waals surface area (Å²) in [5, 5.41) is 5.66. The molecule has 21 heavy (non-hydrogen) atoms. The first-order valence-electron chi connectivity index (χ1n) is 6.40. The Kier molecular flexibility index (Phi) is 6.68. The van der Waals surface area contributed by atoms with Gasteiger partial charge in [0.2, 0.25) is 11.8 Å². The largest absolute Gasteiger partial charge is 0.352 e. The second kappa shape index (κ2) is 8.26. The molecule has 0 heterocycles. The van der Waals surface area contributed by atoms with Crippen molar-refractivity contribution in [1.29, 1.82) is 0 Å². The Hall–Kier alpha value is -2.08. The number of nitrogens with zero attached hydrogens (tertiary/aromatic N) is 1. The van der Waals surface area contributed by atoms with Gasteiger partial charge in [0.15, 0.2) is 0 Å². The summed E-state index contributed by atoms with van der Waals surface area (Å²) < 4.78 is 0. The molecule has 0 saturated carbocycles. The van der Waals surface area contributed by atoms with E-state index in [4.69, 9.17) is 11.6 Å². The maximum atomic E-state index is 11.7. The van der Waals surface area contributed by atoms with Crippen LogP contribution in [-0.2, 0) is 9.59 Å². The van der Waals surface area contributed by atoms with Crippen molar-refractivity contribution in [3.8, 4) is 0 Å².